The highest BCUT2D eigenvalue weighted by Gasteiger charge is 2.52. The Hall–Kier alpha value is -1.24. The third-order valence-corrected chi connectivity index (χ3v) is 6.18. The van der Waals surface area contributed by atoms with Crippen LogP contribution in [0.1, 0.15) is 66.5 Å². The number of rotatable bonds is 4. The Labute approximate surface area is 168 Å². The number of hydrogen-bond acceptors (Lipinski definition) is 5. The van der Waals surface area contributed by atoms with Crippen molar-refractivity contribution in [3.8, 4) is 0 Å². The molecule has 2 rings (SSSR count). The number of benzene rings is 1. The van der Waals surface area contributed by atoms with Gasteiger partial charge in [-0.15, -0.1) is 0 Å². The zero-order valence-electron chi connectivity index (χ0n) is 17.8. The highest BCUT2D eigenvalue weighted by Crippen LogP contribution is 2.39. The SMILES string of the molecule is CC(=O)SCC(=Cc1cc(C(C)(C)C)ccc1N)B1OC(C)(C)C(C)(C)O1. The first-order valence-electron chi connectivity index (χ1n) is 9.32. The minimum Gasteiger partial charge on any atom is -0.400 e. The van der Waals surface area contributed by atoms with E-state index in [9.17, 15) is 4.79 Å². The molecule has 0 bridgehead atoms. The number of carbonyl (C=O) groups excluding carboxylic acids is 1. The summed E-state index contributed by atoms with van der Waals surface area (Å²) in [5.74, 6) is 0.505. The lowest BCUT2D eigenvalue weighted by atomic mass is 9.77. The number of hydrogen-bond donors (Lipinski definition) is 1. The smallest absolute Gasteiger partial charge is 0.400 e. The van der Waals surface area contributed by atoms with E-state index in [0.717, 1.165) is 11.0 Å². The number of thioether (sulfide) groups is 1. The van der Waals surface area contributed by atoms with Crippen LogP contribution in [0.15, 0.2) is 23.7 Å². The van der Waals surface area contributed by atoms with Gasteiger partial charge in [0.05, 0.1) is 11.2 Å². The molecule has 27 heavy (non-hydrogen) atoms. The van der Waals surface area contributed by atoms with Crippen LogP contribution in [-0.2, 0) is 19.5 Å². The molecule has 0 saturated carbocycles. The predicted molar refractivity (Wildman–Crippen MR) is 117 cm³/mol. The van der Waals surface area contributed by atoms with E-state index in [1.807, 2.05) is 39.8 Å². The predicted octanol–water partition coefficient (Wildman–Crippen LogP) is 4.86. The topological polar surface area (TPSA) is 61.6 Å². The van der Waals surface area contributed by atoms with E-state index in [1.165, 1.54) is 17.3 Å². The Kier molecular flexibility index (Phi) is 6.25. The van der Waals surface area contributed by atoms with Crippen molar-refractivity contribution in [2.75, 3.05) is 11.5 Å². The fraction of sp³-hybridized carbons (Fsp3) is 0.571. The van der Waals surface area contributed by atoms with Crippen LogP contribution in [0, 0.1) is 0 Å². The summed E-state index contributed by atoms with van der Waals surface area (Å²) in [5.41, 5.74) is 9.14. The molecular formula is C21H32BNO3S. The standard InChI is InChI=1S/C21H32BNO3S/c1-14(24)27-13-17(22-25-20(5,6)21(7,8)26-22)12-15-11-16(19(2,3)4)9-10-18(15)23/h9-12H,13,23H2,1-8H3. The van der Waals surface area contributed by atoms with Gasteiger partial charge in [-0.25, -0.2) is 0 Å². The average molecular weight is 389 g/mol. The van der Waals surface area contributed by atoms with Gasteiger partial charge in [0.1, 0.15) is 0 Å². The summed E-state index contributed by atoms with van der Waals surface area (Å²) in [7, 11) is -0.500. The van der Waals surface area contributed by atoms with Crippen LogP contribution in [0.25, 0.3) is 6.08 Å². The van der Waals surface area contributed by atoms with E-state index >= 15 is 0 Å². The molecule has 2 N–H and O–H groups in total. The van der Waals surface area contributed by atoms with Gasteiger partial charge in [0, 0.05) is 18.4 Å². The van der Waals surface area contributed by atoms with E-state index < -0.39 is 18.3 Å². The molecule has 1 aliphatic rings. The van der Waals surface area contributed by atoms with E-state index in [4.69, 9.17) is 15.0 Å². The first-order valence-corrected chi connectivity index (χ1v) is 10.3. The van der Waals surface area contributed by atoms with Crippen LogP contribution in [-0.4, -0.2) is 29.2 Å². The minimum atomic E-state index is -0.500. The van der Waals surface area contributed by atoms with Gasteiger partial charge in [-0.3, -0.25) is 4.79 Å². The molecule has 1 aliphatic heterocycles. The van der Waals surface area contributed by atoms with Gasteiger partial charge >= 0.3 is 7.12 Å². The summed E-state index contributed by atoms with van der Waals surface area (Å²) >= 11 is 1.25. The Morgan fingerprint density at radius 1 is 1.19 bits per heavy atom. The molecule has 0 amide bonds. The lowest BCUT2D eigenvalue weighted by Gasteiger charge is -2.32. The summed E-state index contributed by atoms with van der Waals surface area (Å²) in [4.78, 5) is 11.6. The molecular weight excluding hydrogens is 357 g/mol. The molecule has 1 heterocycles. The number of nitrogens with two attached hydrogens (primary N) is 1. The first kappa shape index (κ1) is 22.1. The summed E-state index contributed by atoms with van der Waals surface area (Å²) in [6.07, 6.45) is 2.02. The van der Waals surface area contributed by atoms with Crippen molar-refractivity contribution in [3.05, 3.63) is 34.8 Å². The van der Waals surface area contributed by atoms with Gasteiger partial charge in [-0.2, -0.15) is 0 Å². The van der Waals surface area contributed by atoms with Crippen LogP contribution in [0.3, 0.4) is 0 Å². The zero-order valence-corrected chi connectivity index (χ0v) is 18.6. The molecule has 1 fully saturated rings. The molecule has 1 saturated heterocycles. The highest BCUT2D eigenvalue weighted by molar-refractivity contribution is 8.13. The summed E-state index contributed by atoms with van der Waals surface area (Å²) in [6, 6.07) is 6.11. The maximum atomic E-state index is 11.6. The Bertz CT molecular complexity index is 734. The molecule has 4 nitrogen and oxygen atoms in total. The van der Waals surface area contributed by atoms with Crippen molar-refractivity contribution in [3.63, 3.8) is 0 Å². The largest absolute Gasteiger partial charge is 0.491 e. The molecule has 1 aromatic carbocycles. The maximum absolute atomic E-state index is 11.6. The van der Waals surface area contributed by atoms with Crippen molar-refractivity contribution >= 4 is 35.8 Å². The van der Waals surface area contributed by atoms with Gasteiger partial charge < -0.3 is 15.0 Å². The maximum Gasteiger partial charge on any atom is 0.491 e. The summed E-state index contributed by atoms with van der Waals surface area (Å²) in [5, 5.41) is 0.0637. The third kappa shape index (κ3) is 5.18. The van der Waals surface area contributed by atoms with Crippen molar-refractivity contribution in [1.82, 2.24) is 0 Å². The molecule has 6 heteroatoms. The lowest BCUT2D eigenvalue weighted by molar-refractivity contribution is -0.109. The zero-order chi connectivity index (χ0) is 20.6. The molecule has 148 valence electrons. The van der Waals surface area contributed by atoms with Gasteiger partial charge in [0.25, 0.3) is 0 Å². The summed E-state index contributed by atoms with van der Waals surface area (Å²) in [6.45, 7) is 16.2. The number of nitrogen functional groups attached to an aromatic ring is 1. The second-order valence-corrected chi connectivity index (χ2v) is 10.3. The molecule has 0 unspecified atom stereocenters. The third-order valence-electron chi connectivity index (χ3n) is 5.29. The van der Waals surface area contributed by atoms with Crippen LogP contribution in [0.2, 0.25) is 0 Å². The van der Waals surface area contributed by atoms with Crippen LogP contribution in [0.5, 0.6) is 0 Å². The minimum absolute atomic E-state index is 0.0227. The second-order valence-electron chi connectivity index (χ2n) is 9.18. The van der Waals surface area contributed by atoms with E-state index in [1.54, 1.807) is 6.92 Å². The number of carbonyl (C=O) groups is 1. The van der Waals surface area contributed by atoms with Crippen molar-refractivity contribution in [2.45, 2.75) is 72.0 Å². The molecule has 0 spiro atoms. The van der Waals surface area contributed by atoms with Gasteiger partial charge in [-0.05, 0) is 61.8 Å². The Morgan fingerprint density at radius 3 is 2.22 bits per heavy atom. The second kappa shape index (κ2) is 7.65. The molecule has 0 atom stereocenters. The van der Waals surface area contributed by atoms with Gasteiger partial charge in [0.15, 0.2) is 5.12 Å². The van der Waals surface area contributed by atoms with Crippen molar-refractivity contribution in [1.29, 1.82) is 0 Å². The Balaban J connectivity index is 2.45. The lowest BCUT2D eigenvalue weighted by Crippen LogP contribution is -2.41. The van der Waals surface area contributed by atoms with Crippen LogP contribution < -0.4 is 5.73 Å². The molecule has 1 aromatic rings. The van der Waals surface area contributed by atoms with Crippen LogP contribution >= 0.6 is 11.8 Å². The Morgan fingerprint density at radius 2 is 1.74 bits per heavy atom. The summed E-state index contributed by atoms with van der Waals surface area (Å²) < 4.78 is 12.4. The first-order chi connectivity index (χ1) is 12.2. The normalized spacial score (nSPS) is 19.4. The monoisotopic (exact) mass is 389 g/mol. The van der Waals surface area contributed by atoms with Gasteiger partial charge in [0.2, 0.25) is 0 Å². The van der Waals surface area contributed by atoms with Crippen LogP contribution in [0.4, 0.5) is 5.69 Å². The fourth-order valence-electron chi connectivity index (χ4n) is 2.72. The quantitative estimate of drug-likeness (QED) is 0.589. The van der Waals surface area contributed by atoms with E-state index in [2.05, 4.69) is 32.9 Å². The fourth-order valence-corrected chi connectivity index (χ4v) is 3.31. The van der Waals surface area contributed by atoms with Crippen molar-refractivity contribution in [2.24, 2.45) is 0 Å². The van der Waals surface area contributed by atoms with E-state index in [-0.39, 0.29) is 10.5 Å². The molecule has 0 aliphatic carbocycles. The molecule has 0 radical (unpaired) electrons. The van der Waals surface area contributed by atoms with Crippen molar-refractivity contribution < 1.29 is 14.1 Å². The number of anilines is 1. The highest BCUT2D eigenvalue weighted by atomic mass is 32.2. The average Bonchev–Trinajstić information content (AvgIpc) is 2.72. The molecule has 0 aromatic heterocycles. The van der Waals surface area contributed by atoms with Gasteiger partial charge in [-0.1, -0.05) is 44.7 Å². The van der Waals surface area contributed by atoms with E-state index in [0.29, 0.717) is 11.4 Å².